The van der Waals surface area contributed by atoms with Gasteiger partial charge in [0, 0.05) is 49.6 Å². The van der Waals surface area contributed by atoms with Gasteiger partial charge in [-0.15, -0.1) is 0 Å². The van der Waals surface area contributed by atoms with E-state index in [4.69, 9.17) is 0 Å². The standard InChI is InChI=1S/C17H17FN4O/c18-13-1-3-14(4-2-13)22-12-17(9-16(22)23)5-8-21(11-17)15-10-19-6-7-20-15/h1-4,6-7,10H,5,8-9,11-12H2. The number of benzene rings is 1. The number of halogens is 1. The first kappa shape index (κ1) is 14.1. The molecule has 0 N–H and O–H groups in total. The summed E-state index contributed by atoms with van der Waals surface area (Å²) in [5.74, 6) is 0.680. The number of carbonyl (C=O) groups excluding carboxylic acids is 1. The zero-order valence-electron chi connectivity index (χ0n) is 12.7. The van der Waals surface area contributed by atoms with Gasteiger partial charge in [0.25, 0.3) is 0 Å². The van der Waals surface area contributed by atoms with E-state index in [1.807, 2.05) is 0 Å². The number of amides is 1. The Morgan fingerprint density at radius 1 is 1.13 bits per heavy atom. The summed E-state index contributed by atoms with van der Waals surface area (Å²) >= 11 is 0. The average molecular weight is 312 g/mol. The van der Waals surface area contributed by atoms with Gasteiger partial charge in [-0.3, -0.25) is 9.78 Å². The lowest BCUT2D eigenvalue weighted by Crippen LogP contribution is -2.31. The number of nitrogens with zero attached hydrogens (tertiary/aromatic N) is 4. The molecule has 0 bridgehead atoms. The van der Waals surface area contributed by atoms with Gasteiger partial charge >= 0.3 is 0 Å². The first-order chi connectivity index (χ1) is 11.2. The monoisotopic (exact) mass is 312 g/mol. The number of carbonyl (C=O) groups is 1. The second-order valence-electron chi connectivity index (χ2n) is 6.37. The molecule has 2 fully saturated rings. The lowest BCUT2D eigenvalue weighted by molar-refractivity contribution is -0.117. The Bertz CT molecular complexity index is 721. The highest BCUT2D eigenvalue weighted by Crippen LogP contribution is 2.42. The first-order valence-electron chi connectivity index (χ1n) is 7.72. The van der Waals surface area contributed by atoms with Gasteiger partial charge in [-0.2, -0.15) is 0 Å². The second kappa shape index (κ2) is 5.30. The number of aromatic nitrogens is 2. The van der Waals surface area contributed by atoms with Crippen LogP contribution in [0.5, 0.6) is 0 Å². The molecule has 6 heteroatoms. The molecule has 1 spiro atoms. The highest BCUT2D eigenvalue weighted by atomic mass is 19.1. The van der Waals surface area contributed by atoms with Crippen LogP contribution in [0, 0.1) is 11.2 Å². The van der Waals surface area contributed by atoms with E-state index in [0.717, 1.165) is 31.0 Å². The van der Waals surface area contributed by atoms with Crippen molar-refractivity contribution < 1.29 is 9.18 Å². The van der Waals surface area contributed by atoms with Crippen LogP contribution < -0.4 is 9.80 Å². The van der Waals surface area contributed by atoms with E-state index in [-0.39, 0.29) is 17.1 Å². The Balaban J connectivity index is 1.53. The Kier molecular flexibility index (Phi) is 3.25. The number of rotatable bonds is 2. The second-order valence-corrected chi connectivity index (χ2v) is 6.37. The summed E-state index contributed by atoms with van der Waals surface area (Å²) in [5.41, 5.74) is 0.717. The van der Waals surface area contributed by atoms with Crippen LogP contribution in [-0.2, 0) is 4.79 Å². The molecule has 2 aliphatic heterocycles. The predicted molar refractivity (Wildman–Crippen MR) is 84.7 cm³/mol. The fraction of sp³-hybridized carbons (Fsp3) is 0.353. The van der Waals surface area contributed by atoms with E-state index in [2.05, 4.69) is 14.9 Å². The largest absolute Gasteiger partial charge is 0.355 e. The van der Waals surface area contributed by atoms with Crippen molar-refractivity contribution in [2.75, 3.05) is 29.4 Å². The van der Waals surface area contributed by atoms with Crippen LogP contribution in [0.3, 0.4) is 0 Å². The third-order valence-corrected chi connectivity index (χ3v) is 4.77. The minimum absolute atomic E-state index is 0.0526. The van der Waals surface area contributed by atoms with Crippen LogP contribution in [0.2, 0.25) is 0 Å². The van der Waals surface area contributed by atoms with Gasteiger partial charge in [0.05, 0.1) is 6.20 Å². The van der Waals surface area contributed by atoms with E-state index in [0.29, 0.717) is 13.0 Å². The molecule has 1 atom stereocenters. The zero-order valence-corrected chi connectivity index (χ0v) is 12.7. The molecule has 2 aliphatic rings. The van der Waals surface area contributed by atoms with Gasteiger partial charge in [0.15, 0.2) is 0 Å². The lowest BCUT2D eigenvalue weighted by atomic mass is 9.86. The molecule has 2 saturated heterocycles. The zero-order chi connectivity index (χ0) is 15.9. The van der Waals surface area contributed by atoms with Crippen LogP contribution in [0.25, 0.3) is 0 Å². The Hall–Kier alpha value is -2.50. The van der Waals surface area contributed by atoms with Crippen molar-refractivity contribution in [1.82, 2.24) is 9.97 Å². The van der Waals surface area contributed by atoms with Gasteiger partial charge in [-0.25, -0.2) is 9.37 Å². The van der Waals surface area contributed by atoms with Crippen LogP contribution >= 0.6 is 0 Å². The fourth-order valence-corrected chi connectivity index (χ4v) is 3.61. The normalized spacial score (nSPS) is 24.0. The third kappa shape index (κ3) is 2.54. The van der Waals surface area contributed by atoms with E-state index in [9.17, 15) is 9.18 Å². The van der Waals surface area contributed by atoms with Gasteiger partial charge < -0.3 is 9.80 Å². The highest BCUT2D eigenvalue weighted by molar-refractivity contribution is 5.96. The Labute approximate surface area is 133 Å². The van der Waals surface area contributed by atoms with Crippen LogP contribution in [0.4, 0.5) is 15.9 Å². The molecule has 1 aromatic carbocycles. The van der Waals surface area contributed by atoms with E-state index in [1.54, 1.807) is 35.6 Å². The summed E-state index contributed by atoms with van der Waals surface area (Å²) < 4.78 is 13.1. The molecule has 3 heterocycles. The van der Waals surface area contributed by atoms with Crippen molar-refractivity contribution in [3.8, 4) is 0 Å². The maximum absolute atomic E-state index is 13.1. The SMILES string of the molecule is O=C1CC2(CCN(c3cnccn3)C2)CN1c1ccc(F)cc1. The number of anilines is 2. The molecule has 2 aromatic rings. The van der Waals surface area contributed by atoms with Crippen LogP contribution in [0.1, 0.15) is 12.8 Å². The van der Waals surface area contributed by atoms with Crippen molar-refractivity contribution in [2.24, 2.45) is 5.41 Å². The number of hydrogen-bond donors (Lipinski definition) is 0. The molecular formula is C17H17FN4O. The quantitative estimate of drug-likeness (QED) is 0.853. The average Bonchev–Trinajstić information content (AvgIpc) is 3.13. The van der Waals surface area contributed by atoms with Crippen molar-refractivity contribution in [1.29, 1.82) is 0 Å². The Morgan fingerprint density at radius 2 is 1.96 bits per heavy atom. The van der Waals surface area contributed by atoms with Crippen molar-refractivity contribution in [3.63, 3.8) is 0 Å². The molecule has 1 unspecified atom stereocenters. The molecule has 0 saturated carbocycles. The summed E-state index contributed by atoms with van der Waals surface area (Å²) in [6.07, 6.45) is 6.58. The van der Waals surface area contributed by atoms with E-state index >= 15 is 0 Å². The highest BCUT2D eigenvalue weighted by Gasteiger charge is 2.48. The molecule has 23 heavy (non-hydrogen) atoms. The maximum atomic E-state index is 13.1. The van der Waals surface area contributed by atoms with Gasteiger partial charge in [-0.05, 0) is 30.7 Å². The number of hydrogen-bond acceptors (Lipinski definition) is 4. The van der Waals surface area contributed by atoms with Gasteiger partial charge in [0.2, 0.25) is 5.91 Å². The third-order valence-electron chi connectivity index (χ3n) is 4.77. The fourth-order valence-electron chi connectivity index (χ4n) is 3.61. The van der Waals surface area contributed by atoms with Gasteiger partial charge in [0.1, 0.15) is 11.6 Å². The van der Waals surface area contributed by atoms with Crippen molar-refractivity contribution in [3.05, 3.63) is 48.7 Å². The molecular weight excluding hydrogens is 295 g/mol. The molecule has 5 nitrogen and oxygen atoms in total. The maximum Gasteiger partial charge on any atom is 0.227 e. The minimum atomic E-state index is -0.287. The minimum Gasteiger partial charge on any atom is -0.355 e. The Morgan fingerprint density at radius 3 is 2.70 bits per heavy atom. The molecule has 0 aliphatic carbocycles. The lowest BCUT2D eigenvalue weighted by Gasteiger charge is -2.24. The van der Waals surface area contributed by atoms with Crippen LogP contribution in [-0.4, -0.2) is 35.5 Å². The van der Waals surface area contributed by atoms with Crippen LogP contribution in [0.15, 0.2) is 42.9 Å². The summed E-state index contributed by atoms with van der Waals surface area (Å²) in [5, 5.41) is 0. The summed E-state index contributed by atoms with van der Waals surface area (Å²) in [4.78, 5) is 24.9. The first-order valence-corrected chi connectivity index (χ1v) is 7.72. The summed E-state index contributed by atoms with van der Waals surface area (Å²) in [7, 11) is 0. The molecule has 1 amide bonds. The summed E-state index contributed by atoms with van der Waals surface area (Å²) in [6, 6.07) is 6.13. The van der Waals surface area contributed by atoms with E-state index in [1.165, 1.54) is 12.1 Å². The van der Waals surface area contributed by atoms with Crippen molar-refractivity contribution >= 4 is 17.4 Å². The smallest absolute Gasteiger partial charge is 0.227 e. The predicted octanol–water partition coefficient (Wildman–Crippen LogP) is 2.25. The molecule has 0 radical (unpaired) electrons. The molecule has 118 valence electrons. The van der Waals surface area contributed by atoms with E-state index < -0.39 is 0 Å². The summed E-state index contributed by atoms with van der Waals surface area (Å²) in [6.45, 7) is 2.35. The van der Waals surface area contributed by atoms with Crippen molar-refractivity contribution in [2.45, 2.75) is 12.8 Å². The van der Waals surface area contributed by atoms with Gasteiger partial charge in [-0.1, -0.05) is 0 Å². The molecule has 1 aromatic heterocycles. The topological polar surface area (TPSA) is 49.3 Å². The molecule has 4 rings (SSSR count).